The van der Waals surface area contributed by atoms with Crippen molar-refractivity contribution in [3.63, 3.8) is 0 Å². The van der Waals surface area contributed by atoms with Gasteiger partial charge in [0.15, 0.2) is 5.13 Å². The third kappa shape index (κ3) is 2.47. The summed E-state index contributed by atoms with van der Waals surface area (Å²) in [5, 5.41) is 7.12. The van der Waals surface area contributed by atoms with Gasteiger partial charge in [-0.3, -0.25) is 14.9 Å². The van der Waals surface area contributed by atoms with E-state index >= 15 is 0 Å². The zero-order valence-electron chi connectivity index (χ0n) is 10.8. The quantitative estimate of drug-likeness (QED) is 0.874. The minimum absolute atomic E-state index is 0.177. The monoisotopic (exact) mass is 292 g/mol. The fourth-order valence-electron chi connectivity index (χ4n) is 1.86. The molecular formula is C12H12N4O3S. The molecule has 0 atom stereocenters. The predicted molar refractivity (Wildman–Crippen MR) is 72.9 cm³/mol. The van der Waals surface area contributed by atoms with Gasteiger partial charge in [0.25, 0.3) is 11.5 Å². The number of aromatic nitrogens is 3. The highest BCUT2D eigenvalue weighted by atomic mass is 32.1. The summed E-state index contributed by atoms with van der Waals surface area (Å²) >= 11 is 1.40. The molecular weight excluding hydrogens is 280 g/mol. The lowest BCUT2D eigenvalue weighted by molar-refractivity contribution is 0.102. The van der Waals surface area contributed by atoms with Crippen LogP contribution in [-0.2, 0) is 24.8 Å². The molecule has 1 aliphatic heterocycles. The van der Waals surface area contributed by atoms with Crippen molar-refractivity contribution in [2.75, 3.05) is 11.9 Å². The minimum Gasteiger partial charge on any atom is -0.375 e. The highest BCUT2D eigenvalue weighted by Gasteiger charge is 2.17. The van der Waals surface area contributed by atoms with Crippen molar-refractivity contribution in [3.05, 3.63) is 38.8 Å². The molecule has 0 fully saturated rings. The van der Waals surface area contributed by atoms with E-state index in [9.17, 15) is 9.59 Å². The summed E-state index contributed by atoms with van der Waals surface area (Å²) in [7, 11) is 1.50. The van der Waals surface area contributed by atoms with E-state index in [1.807, 2.05) is 0 Å². The molecule has 0 spiro atoms. The van der Waals surface area contributed by atoms with Crippen LogP contribution in [0.1, 0.15) is 21.1 Å². The third-order valence-electron chi connectivity index (χ3n) is 2.91. The topological polar surface area (TPSA) is 86.1 Å². The molecule has 104 valence electrons. The van der Waals surface area contributed by atoms with Gasteiger partial charge >= 0.3 is 0 Å². The van der Waals surface area contributed by atoms with Crippen LogP contribution in [-0.4, -0.2) is 27.3 Å². The molecule has 2 aromatic heterocycles. The number of rotatable bonds is 2. The van der Waals surface area contributed by atoms with Gasteiger partial charge in [0.05, 0.1) is 23.8 Å². The largest absolute Gasteiger partial charge is 0.375 e. The maximum atomic E-state index is 12.0. The van der Waals surface area contributed by atoms with Crippen molar-refractivity contribution in [2.45, 2.75) is 13.0 Å². The first-order valence-corrected chi connectivity index (χ1v) is 6.87. The van der Waals surface area contributed by atoms with Crippen LogP contribution in [0.4, 0.5) is 5.13 Å². The van der Waals surface area contributed by atoms with Gasteiger partial charge in [-0.15, -0.1) is 0 Å². The Labute approximate surface area is 118 Å². The van der Waals surface area contributed by atoms with Gasteiger partial charge in [-0.2, -0.15) is 5.10 Å². The molecule has 20 heavy (non-hydrogen) atoms. The molecule has 0 aliphatic carbocycles. The lowest BCUT2D eigenvalue weighted by atomic mass is 10.2. The van der Waals surface area contributed by atoms with Crippen LogP contribution in [0.25, 0.3) is 0 Å². The number of amides is 1. The third-order valence-corrected chi connectivity index (χ3v) is 3.89. The second-order valence-electron chi connectivity index (χ2n) is 4.33. The van der Waals surface area contributed by atoms with Crippen LogP contribution < -0.4 is 10.9 Å². The van der Waals surface area contributed by atoms with Crippen LogP contribution in [0.2, 0.25) is 0 Å². The molecule has 3 rings (SSSR count). The number of ether oxygens (including phenoxy) is 1. The Kier molecular flexibility index (Phi) is 3.33. The highest BCUT2D eigenvalue weighted by molar-refractivity contribution is 7.15. The van der Waals surface area contributed by atoms with Gasteiger partial charge in [-0.25, -0.2) is 9.67 Å². The summed E-state index contributed by atoms with van der Waals surface area (Å²) in [5.41, 5.74) is 0.893. The van der Waals surface area contributed by atoms with Crippen LogP contribution in [0, 0.1) is 0 Å². The number of carbonyl (C=O) groups is 1. The Morgan fingerprint density at radius 1 is 1.50 bits per heavy atom. The average molecular weight is 292 g/mol. The first-order chi connectivity index (χ1) is 9.63. The normalized spacial score (nSPS) is 13.8. The molecule has 7 nitrogen and oxygen atoms in total. The zero-order chi connectivity index (χ0) is 14.1. The standard InChI is InChI=1S/C12H12N4O3S/c1-16-10(17)3-2-8(15-16)11(18)14-12-13-7-4-5-19-6-9(7)20-12/h2-3H,4-6H2,1H3,(H,13,14,18). The van der Waals surface area contributed by atoms with E-state index in [-0.39, 0.29) is 17.2 Å². The number of anilines is 1. The molecule has 1 amide bonds. The summed E-state index contributed by atoms with van der Waals surface area (Å²) in [4.78, 5) is 28.7. The summed E-state index contributed by atoms with van der Waals surface area (Å²) in [6, 6.07) is 2.71. The average Bonchev–Trinajstić information content (AvgIpc) is 2.83. The van der Waals surface area contributed by atoms with E-state index in [0.29, 0.717) is 18.3 Å². The number of hydrogen-bond donors (Lipinski definition) is 1. The van der Waals surface area contributed by atoms with Gasteiger partial charge in [0, 0.05) is 19.5 Å². The molecule has 2 aromatic rings. The molecule has 0 saturated carbocycles. The zero-order valence-corrected chi connectivity index (χ0v) is 11.6. The van der Waals surface area contributed by atoms with Crippen molar-refractivity contribution in [1.82, 2.24) is 14.8 Å². The van der Waals surface area contributed by atoms with Crippen LogP contribution >= 0.6 is 11.3 Å². The lowest BCUT2D eigenvalue weighted by Crippen LogP contribution is -2.23. The Morgan fingerprint density at radius 2 is 2.35 bits per heavy atom. The van der Waals surface area contributed by atoms with Crippen molar-refractivity contribution in [1.29, 1.82) is 0 Å². The first kappa shape index (κ1) is 12.9. The van der Waals surface area contributed by atoms with Crippen molar-refractivity contribution >= 4 is 22.4 Å². The van der Waals surface area contributed by atoms with E-state index in [2.05, 4.69) is 15.4 Å². The Balaban J connectivity index is 1.80. The van der Waals surface area contributed by atoms with Gasteiger partial charge in [-0.05, 0) is 6.07 Å². The highest BCUT2D eigenvalue weighted by Crippen LogP contribution is 2.27. The molecule has 1 aliphatic rings. The minimum atomic E-state index is -0.382. The Bertz CT molecular complexity index is 698. The molecule has 1 N–H and O–H groups in total. The second kappa shape index (κ2) is 5.14. The van der Waals surface area contributed by atoms with Crippen molar-refractivity contribution in [3.8, 4) is 0 Å². The number of nitrogens with zero attached hydrogens (tertiary/aromatic N) is 3. The Hall–Kier alpha value is -2.06. The first-order valence-electron chi connectivity index (χ1n) is 6.05. The molecule has 8 heteroatoms. The van der Waals surface area contributed by atoms with E-state index < -0.39 is 0 Å². The van der Waals surface area contributed by atoms with Gasteiger partial charge in [-0.1, -0.05) is 11.3 Å². The smallest absolute Gasteiger partial charge is 0.277 e. The van der Waals surface area contributed by atoms with E-state index in [1.54, 1.807) is 0 Å². The molecule has 3 heterocycles. The number of carbonyl (C=O) groups excluding carboxylic acids is 1. The number of nitrogens with one attached hydrogen (secondary N) is 1. The predicted octanol–water partition coefficient (Wildman–Crippen LogP) is 0.562. The van der Waals surface area contributed by atoms with Crippen molar-refractivity contribution in [2.24, 2.45) is 7.05 Å². The maximum absolute atomic E-state index is 12.0. The molecule has 0 saturated heterocycles. The fourth-order valence-corrected chi connectivity index (χ4v) is 2.80. The maximum Gasteiger partial charge on any atom is 0.277 e. The van der Waals surface area contributed by atoms with E-state index in [1.165, 1.54) is 30.5 Å². The number of fused-ring (bicyclic) bond motifs is 1. The van der Waals surface area contributed by atoms with Gasteiger partial charge < -0.3 is 4.74 Å². The molecule has 0 unspecified atom stereocenters. The molecule has 0 radical (unpaired) electrons. The fraction of sp³-hybridized carbons (Fsp3) is 0.333. The van der Waals surface area contributed by atoms with Gasteiger partial charge in [0.1, 0.15) is 5.69 Å². The summed E-state index contributed by atoms with van der Waals surface area (Å²) in [6.07, 6.45) is 0.764. The second-order valence-corrected chi connectivity index (χ2v) is 5.41. The summed E-state index contributed by atoms with van der Waals surface area (Å²) in [6.45, 7) is 1.20. The van der Waals surface area contributed by atoms with E-state index in [4.69, 9.17) is 4.74 Å². The van der Waals surface area contributed by atoms with E-state index in [0.717, 1.165) is 21.7 Å². The van der Waals surface area contributed by atoms with Crippen LogP contribution in [0.3, 0.4) is 0 Å². The number of hydrogen-bond acceptors (Lipinski definition) is 6. The lowest BCUT2D eigenvalue weighted by Gasteiger charge is -2.08. The number of thiazole rings is 1. The van der Waals surface area contributed by atoms with Crippen LogP contribution in [0.5, 0.6) is 0 Å². The summed E-state index contributed by atoms with van der Waals surface area (Å²) < 4.78 is 6.46. The van der Waals surface area contributed by atoms with Gasteiger partial charge in [0.2, 0.25) is 0 Å². The molecule has 0 bridgehead atoms. The Morgan fingerprint density at radius 3 is 3.10 bits per heavy atom. The number of aryl methyl sites for hydroxylation is 1. The van der Waals surface area contributed by atoms with Crippen LogP contribution in [0.15, 0.2) is 16.9 Å². The van der Waals surface area contributed by atoms with Crippen molar-refractivity contribution < 1.29 is 9.53 Å². The summed E-state index contributed by atoms with van der Waals surface area (Å²) in [5.74, 6) is -0.382. The molecule has 0 aromatic carbocycles. The SMILES string of the molecule is Cn1nc(C(=O)Nc2nc3c(s2)COCC3)ccc1=O.